The molecular formula is C20H23BrN2O4. The number of benzene rings is 1. The van der Waals surface area contributed by atoms with Gasteiger partial charge >= 0.3 is 5.97 Å². The van der Waals surface area contributed by atoms with Gasteiger partial charge in [-0.2, -0.15) is 0 Å². The number of likely N-dealkylation sites (tertiary alicyclic amines) is 1. The molecule has 27 heavy (non-hydrogen) atoms. The number of halogens is 1. The van der Waals surface area contributed by atoms with Gasteiger partial charge in [0.2, 0.25) is 5.91 Å². The number of piperidine rings is 1. The van der Waals surface area contributed by atoms with Crippen LogP contribution in [0.2, 0.25) is 0 Å². The number of carbonyl (C=O) groups excluding carboxylic acids is 2. The first-order valence-electron chi connectivity index (χ1n) is 9.22. The lowest BCUT2D eigenvalue weighted by Gasteiger charge is -2.30. The van der Waals surface area contributed by atoms with Gasteiger partial charge in [-0.25, -0.2) is 4.98 Å². The number of rotatable bonds is 6. The molecule has 3 rings (SSSR count). The summed E-state index contributed by atoms with van der Waals surface area (Å²) in [5.41, 5.74) is 0.948. The van der Waals surface area contributed by atoms with Crippen LogP contribution in [0.3, 0.4) is 0 Å². The topological polar surface area (TPSA) is 72.6 Å². The van der Waals surface area contributed by atoms with Crippen LogP contribution in [0, 0.1) is 5.92 Å². The molecule has 6 nitrogen and oxygen atoms in total. The first kappa shape index (κ1) is 19.6. The van der Waals surface area contributed by atoms with Crippen molar-refractivity contribution in [2.75, 3.05) is 19.7 Å². The lowest BCUT2D eigenvalue weighted by Crippen LogP contribution is -2.40. The zero-order valence-corrected chi connectivity index (χ0v) is 16.9. The monoisotopic (exact) mass is 434 g/mol. The van der Waals surface area contributed by atoms with Crippen molar-refractivity contribution in [3.05, 3.63) is 40.8 Å². The minimum Gasteiger partial charge on any atom is -0.466 e. The molecule has 0 spiro atoms. The zero-order chi connectivity index (χ0) is 19.2. The fourth-order valence-electron chi connectivity index (χ4n) is 3.17. The van der Waals surface area contributed by atoms with E-state index in [0.29, 0.717) is 57.0 Å². The largest absolute Gasteiger partial charge is 0.466 e. The molecule has 1 aliphatic rings. The number of ether oxygens (including phenoxy) is 1. The van der Waals surface area contributed by atoms with Crippen molar-refractivity contribution < 1.29 is 18.7 Å². The van der Waals surface area contributed by atoms with Crippen LogP contribution in [0.15, 0.2) is 39.4 Å². The Balaban J connectivity index is 1.47. The molecular weight excluding hydrogens is 412 g/mol. The lowest BCUT2D eigenvalue weighted by molar-refractivity contribution is -0.151. The highest BCUT2D eigenvalue weighted by Crippen LogP contribution is 2.23. The van der Waals surface area contributed by atoms with E-state index in [0.717, 1.165) is 10.0 Å². The Labute approximate surface area is 167 Å². The molecule has 0 atom stereocenters. The van der Waals surface area contributed by atoms with Crippen molar-refractivity contribution in [1.29, 1.82) is 0 Å². The summed E-state index contributed by atoms with van der Waals surface area (Å²) in [7, 11) is 0. The molecule has 0 N–H and O–H groups in total. The number of aromatic nitrogens is 1. The van der Waals surface area contributed by atoms with Gasteiger partial charge in [-0.15, -0.1) is 0 Å². The first-order chi connectivity index (χ1) is 13.1. The Kier molecular flexibility index (Phi) is 6.66. The number of esters is 1. The summed E-state index contributed by atoms with van der Waals surface area (Å²) in [5, 5.41) is 0. The molecule has 2 aromatic rings. The third-order valence-electron chi connectivity index (χ3n) is 4.70. The maximum Gasteiger partial charge on any atom is 0.309 e. The molecule has 2 heterocycles. The van der Waals surface area contributed by atoms with Crippen LogP contribution in [0.5, 0.6) is 0 Å². The SMILES string of the molecule is CCOC(=O)C1CCN(C(=O)CCc2ncc(-c3ccc(Br)cc3)o2)CC1. The fraction of sp³-hybridized carbons (Fsp3) is 0.450. The average molecular weight is 435 g/mol. The Bertz CT molecular complexity index is 780. The predicted molar refractivity (Wildman–Crippen MR) is 104 cm³/mol. The Morgan fingerprint density at radius 1 is 1.26 bits per heavy atom. The smallest absolute Gasteiger partial charge is 0.309 e. The van der Waals surface area contributed by atoms with Crippen molar-refractivity contribution in [2.45, 2.75) is 32.6 Å². The van der Waals surface area contributed by atoms with Crippen LogP contribution in [0.1, 0.15) is 32.1 Å². The van der Waals surface area contributed by atoms with Crippen molar-refractivity contribution in [2.24, 2.45) is 5.92 Å². The van der Waals surface area contributed by atoms with E-state index < -0.39 is 0 Å². The van der Waals surface area contributed by atoms with E-state index in [4.69, 9.17) is 9.15 Å². The Morgan fingerprint density at radius 2 is 1.96 bits per heavy atom. The lowest BCUT2D eigenvalue weighted by atomic mass is 9.97. The van der Waals surface area contributed by atoms with Gasteiger partial charge in [0, 0.05) is 36.0 Å². The molecule has 1 aliphatic heterocycles. The number of hydrogen-bond donors (Lipinski definition) is 0. The average Bonchev–Trinajstić information content (AvgIpc) is 3.16. The maximum atomic E-state index is 12.4. The fourth-order valence-corrected chi connectivity index (χ4v) is 3.43. The summed E-state index contributed by atoms with van der Waals surface area (Å²) >= 11 is 3.41. The normalized spacial score (nSPS) is 15.0. The molecule has 1 fully saturated rings. The van der Waals surface area contributed by atoms with E-state index >= 15 is 0 Å². The van der Waals surface area contributed by atoms with Crippen LogP contribution in [-0.2, 0) is 20.7 Å². The number of hydrogen-bond acceptors (Lipinski definition) is 5. The van der Waals surface area contributed by atoms with Gasteiger partial charge in [-0.3, -0.25) is 9.59 Å². The quantitative estimate of drug-likeness (QED) is 0.645. The van der Waals surface area contributed by atoms with Crippen molar-refractivity contribution >= 4 is 27.8 Å². The summed E-state index contributed by atoms with van der Waals surface area (Å²) in [6, 6.07) is 7.79. The molecule has 1 aromatic carbocycles. The van der Waals surface area contributed by atoms with E-state index in [1.807, 2.05) is 29.2 Å². The summed E-state index contributed by atoms with van der Waals surface area (Å²) in [6.45, 7) is 3.40. The predicted octanol–water partition coefficient (Wildman–Crippen LogP) is 3.84. The number of nitrogens with zero attached hydrogens (tertiary/aromatic N) is 2. The van der Waals surface area contributed by atoms with Gasteiger partial charge < -0.3 is 14.1 Å². The van der Waals surface area contributed by atoms with E-state index in [2.05, 4.69) is 20.9 Å². The highest BCUT2D eigenvalue weighted by Gasteiger charge is 2.28. The van der Waals surface area contributed by atoms with Gasteiger partial charge in [0.1, 0.15) is 0 Å². The third-order valence-corrected chi connectivity index (χ3v) is 5.23. The van der Waals surface area contributed by atoms with Gasteiger partial charge in [0.25, 0.3) is 0 Å². The second kappa shape index (κ2) is 9.17. The standard InChI is InChI=1S/C20H23BrN2O4/c1-2-26-20(25)15-9-11-23(12-10-15)19(24)8-7-18-22-13-17(27-18)14-3-5-16(21)6-4-14/h3-6,13,15H,2,7-12H2,1H3. The minimum absolute atomic E-state index is 0.0701. The first-order valence-corrected chi connectivity index (χ1v) is 10.0. The van der Waals surface area contributed by atoms with E-state index in [9.17, 15) is 9.59 Å². The molecule has 0 bridgehead atoms. The molecule has 0 aliphatic carbocycles. The zero-order valence-electron chi connectivity index (χ0n) is 15.3. The van der Waals surface area contributed by atoms with Gasteiger partial charge in [-0.1, -0.05) is 28.1 Å². The van der Waals surface area contributed by atoms with Crippen LogP contribution >= 0.6 is 15.9 Å². The van der Waals surface area contributed by atoms with E-state index in [-0.39, 0.29) is 17.8 Å². The van der Waals surface area contributed by atoms with Gasteiger partial charge in [0.05, 0.1) is 18.7 Å². The van der Waals surface area contributed by atoms with Crippen molar-refractivity contribution in [1.82, 2.24) is 9.88 Å². The summed E-state index contributed by atoms with van der Waals surface area (Å²) in [4.78, 5) is 30.3. The molecule has 7 heteroatoms. The molecule has 0 saturated carbocycles. The number of carbonyl (C=O) groups is 2. The maximum absolute atomic E-state index is 12.4. The van der Waals surface area contributed by atoms with Crippen LogP contribution in [0.4, 0.5) is 0 Å². The van der Waals surface area contributed by atoms with Gasteiger partial charge in [-0.05, 0) is 31.9 Å². The molecule has 144 valence electrons. The van der Waals surface area contributed by atoms with Crippen LogP contribution < -0.4 is 0 Å². The molecule has 0 radical (unpaired) electrons. The number of aryl methyl sites for hydroxylation is 1. The number of amides is 1. The second-order valence-corrected chi connectivity index (χ2v) is 7.45. The number of oxazole rings is 1. The van der Waals surface area contributed by atoms with Crippen molar-refractivity contribution in [3.63, 3.8) is 0 Å². The summed E-state index contributed by atoms with van der Waals surface area (Å²) in [5.74, 6) is 1.09. The van der Waals surface area contributed by atoms with Gasteiger partial charge in [0.15, 0.2) is 11.7 Å². The minimum atomic E-state index is -0.148. The van der Waals surface area contributed by atoms with Crippen LogP contribution in [0.25, 0.3) is 11.3 Å². The highest BCUT2D eigenvalue weighted by molar-refractivity contribution is 9.10. The molecule has 1 aromatic heterocycles. The highest BCUT2D eigenvalue weighted by atomic mass is 79.9. The Morgan fingerprint density at radius 3 is 2.63 bits per heavy atom. The summed E-state index contributed by atoms with van der Waals surface area (Å²) < 4.78 is 11.8. The van der Waals surface area contributed by atoms with E-state index in [1.54, 1.807) is 13.1 Å². The third kappa shape index (κ3) is 5.19. The second-order valence-electron chi connectivity index (χ2n) is 6.53. The van der Waals surface area contributed by atoms with Crippen LogP contribution in [-0.4, -0.2) is 41.5 Å². The molecule has 0 unspecified atom stereocenters. The van der Waals surface area contributed by atoms with E-state index in [1.165, 1.54) is 0 Å². The molecule has 1 amide bonds. The molecule has 1 saturated heterocycles. The Hall–Kier alpha value is -2.15. The summed E-state index contributed by atoms with van der Waals surface area (Å²) in [6.07, 6.45) is 3.83. The van der Waals surface area contributed by atoms with Crippen molar-refractivity contribution in [3.8, 4) is 11.3 Å².